The zero-order valence-corrected chi connectivity index (χ0v) is 14.6. The molecule has 132 valence electrons. The lowest BCUT2D eigenvalue weighted by molar-refractivity contribution is -0.134. The molecule has 2 heterocycles. The summed E-state index contributed by atoms with van der Waals surface area (Å²) < 4.78 is 4.98. The van der Waals surface area contributed by atoms with Crippen LogP contribution in [-0.2, 0) is 4.79 Å². The molecule has 0 N–H and O–H groups in total. The molecule has 0 saturated carbocycles. The molecule has 1 saturated heterocycles. The van der Waals surface area contributed by atoms with E-state index in [4.69, 9.17) is 4.42 Å². The summed E-state index contributed by atoms with van der Waals surface area (Å²) in [6, 6.07) is 11.6. The van der Waals surface area contributed by atoms with Gasteiger partial charge < -0.3 is 14.2 Å². The van der Waals surface area contributed by atoms with Gasteiger partial charge in [-0.05, 0) is 18.1 Å². The van der Waals surface area contributed by atoms with E-state index in [0.717, 1.165) is 18.4 Å². The van der Waals surface area contributed by atoms with Gasteiger partial charge in [-0.15, -0.1) is 0 Å². The van der Waals surface area contributed by atoms with Crippen molar-refractivity contribution in [1.82, 2.24) is 9.80 Å². The van der Waals surface area contributed by atoms with Crippen LogP contribution in [0.15, 0.2) is 53.3 Å². The van der Waals surface area contributed by atoms with E-state index in [0.29, 0.717) is 31.7 Å². The minimum Gasteiger partial charge on any atom is -0.472 e. The van der Waals surface area contributed by atoms with Gasteiger partial charge in [-0.1, -0.05) is 43.7 Å². The first-order chi connectivity index (χ1) is 12.2. The highest BCUT2D eigenvalue weighted by molar-refractivity contribution is 5.94. The second-order valence-corrected chi connectivity index (χ2v) is 6.38. The molecule has 2 aromatic rings. The highest BCUT2D eigenvalue weighted by Crippen LogP contribution is 2.24. The van der Waals surface area contributed by atoms with E-state index in [1.807, 2.05) is 35.2 Å². The maximum absolute atomic E-state index is 13.0. The van der Waals surface area contributed by atoms with Gasteiger partial charge in [0.2, 0.25) is 5.91 Å². The van der Waals surface area contributed by atoms with Crippen LogP contribution in [0.5, 0.6) is 0 Å². The molecule has 5 nitrogen and oxygen atoms in total. The maximum atomic E-state index is 13.0. The monoisotopic (exact) mass is 340 g/mol. The molecular formula is C20H24N2O3. The van der Waals surface area contributed by atoms with Crippen LogP contribution in [0.3, 0.4) is 0 Å². The Hall–Kier alpha value is -2.56. The zero-order valence-electron chi connectivity index (χ0n) is 14.6. The van der Waals surface area contributed by atoms with Crippen molar-refractivity contribution in [1.29, 1.82) is 0 Å². The fraction of sp³-hybridized carbons (Fsp3) is 0.400. The van der Waals surface area contributed by atoms with Crippen LogP contribution in [0.1, 0.15) is 41.6 Å². The second kappa shape index (κ2) is 8.01. The van der Waals surface area contributed by atoms with Gasteiger partial charge in [0.05, 0.1) is 17.7 Å². The molecular weight excluding hydrogens is 316 g/mol. The first-order valence-corrected chi connectivity index (χ1v) is 8.86. The minimum atomic E-state index is -0.0951. The summed E-state index contributed by atoms with van der Waals surface area (Å²) in [5, 5.41) is 0. The molecule has 1 fully saturated rings. The summed E-state index contributed by atoms with van der Waals surface area (Å²) in [5.41, 5.74) is 1.64. The van der Waals surface area contributed by atoms with E-state index >= 15 is 0 Å². The molecule has 2 amide bonds. The van der Waals surface area contributed by atoms with E-state index in [9.17, 15) is 9.59 Å². The second-order valence-electron chi connectivity index (χ2n) is 6.38. The van der Waals surface area contributed by atoms with Crippen LogP contribution in [0.2, 0.25) is 0 Å². The van der Waals surface area contributed by atoms with Gasteiger partial charge in [0.25, 0.3) is 5.91 Å². The van der Waals surface area contributed by atoms with Gasteiger partial charge in [-0.2, -0.15) is 0 Å². The average molecular weight is 340 g/mol. The maximum Gasteiger partial charge on any atom is 0.257 e. The summed E-state index contributed by atoms with van der Waals surface area (Å²) in [6.07, 6.45) is 4.77. The van der Waals surface area contributed by atoms with E-state index in [-0.39, 0.29) is 17.7 Å². The number of hydrogen-bond donors (Lipinski definition) is 0. The van der Waals surface area contributed by atoms with Crippen LogP contribution in [0.4, 0.5) is 0 Å². The summed E-state index contributed by atoms with van der Waals surface area (Å²) >= 11 is 0. The average Bonchev–Trinajstić information content (AvgIpc) is 3.20. The smallest absolute Gasteiger partial charge is 0.257 e. The Balaban J connectivity index is 1.63. The number of piperazine rings is 1. The van der Waals surface area contributed by atoms with E-state index in [1.165, 1.54) is 12.5 Å². The van der Waals surface area contributed by atoms with Gasteiger partial charge >= 0.3 is 0 Å². The SMILES string of the molecule is CCCC(C(=O)N1CCN(C(=O)c2ccoc2)CC1)c1ccccc1. The summed E-state index contributed by atoms with van der Waals surface area (Å²) in [5.74, 6) is 0.0415. The molecule has 3 rings (SSSR count). The van der Waals surface area contributed by atoms with Crippen molar-refractivity contribution in [3.63, 3.8) is 0 Å². The Bertz CT molecular complexity index is 689. The van der Waals surface area contributed by atoms with Crippen LogP contribution < -0.4 is 0 Å². The molecule has 0 bridgehead atoms. The van der Waals surface area contributed by atoms with Gasteiger partial charge in [-0.25, -0.2) is 0 Å². The molecule has 0 spiro atoms. The standard InChI is InChI=1S/C20H24N2O3/c1-2-6-18(16-7-4-3-5-8-16)20(24)22-12-10-21(11-13-22)19(23)17-9-14-25-15-17/h3-5,7-9,14-15,18H,2,6,10-13H2,1H3. The molecule has 1 aliphatic heterocycles. The van der Waals surface area contributed by atoms with Crippen molar-refractivity contribution < 1.29 is 14.0 Å². The van der Waals surface area contributed by atoms with Crippen molar-refractivity contribution in [2.24, 2.45) is 0 Å². The molecule has 1 aliphatic rings. The Morgan fingerprint density at radius 3 is 2.32 bits per heavy atom. The third kappa shape index (κ3) is 3.92. The van der Waals surface area contributed by atoms with Crippen molar-refractivity contribution >= 4 is 11.8 Å². The number of nitrogens with zero attached hydrogens (tertiary/aromatic N) is 2. The van der Waals surface area contributed by atoms with Crippen LogP contribution in [0, 0.1) is 0 Å². The fourth-order valence-electron chi connectivity index (χ4n) is 3.33. The third-order valence-electron chi connectivity index (χ3n) is 4.72. The van der Waals surface area contributed by atoms with Gasteiger partial charge in [0, 0.05) is 26.2 Å². The minimum absolute atomic E-state index is 0.0333. The quantitative estimate of drug-likeness (QED) is 0.840. The first-order valence-electron chi connectivity index (χ1n) is 8.86. The zero-order chi connectivity index (χ0) is 17.6. The summed E-state index contributed by atoms with van der Waals surface area (Å²) in [6.45, 7) is 4.38. The lowest BCUT2D eigenvalue weighted by Gasteiger charge is -2.36. The van der Waals surface area contributed by atoms with Gasteiger partial charge in [0.15, 0.2) is 0 Å². The number of furan rings is 1. The molecule has 1 aromatic heterocycles. The molecule has 5 heteroatoms. The molecule has 0 radical (unpaired) electrons. The Labute approximate surface area is 148 Å². The predicted molar refractivity (Wildman–Crippen MR) is 95.3 cm³/mol. The predicted octanol–water partition coefficient (Wildman–Crippen LogP) is 3.15. The molecule has 1 aromatic carbocycles. The number of hydrogen-bond acceptors (Lipinski definition) is 3. The Kier molecular flexibility index (Phi) is 5.53. The lowest BCUT2D eigenvalue weighted by Crippen LogP contribution is -2.51. The van der Waals surface area contributed by atoms with Crippen LogP contribution in [-0.4, -0.2) is 47.8 Å². The fourth-order valence-corrected chi connectivity index (χ4v) is 3.33. The molecule has 1 atom stereocenters. The Morgan fingerprint density at radius 2 is 1.72 bits per heavy atom. The highest BCUT2D eigenvalue weighted by Gasteiger charge is 2.29. The van der Waals surface area contributed by atoms with E-state index in [2.05, 4.69) is 6.92 Å². The van der Waals surface area contributed by atoms with Crippen molar-refractivity contribution in [3.8, 4) is 0 Å². The number of carbonyl (C=O) groups excluding carboxylic acids is 2. The summed E-state index contributed by atoms with van der Waals surface area (Å²) in [7, 11) is 0. The first kappa shape index (κ1) is 17.3. The van der Waals surface area contributed by atoms with Crippen molar-refractivity contribution in [2.75, 3.05) is 26.2 Å². The summed E-state index contributed by atoms with van der Waals surface area (Å²) in [4.78, 5) is 29.0. The van der Waals surface area contributed by atoms with E-state index < -0.39 is 0 Å². The van der Waals surface area contributed by atoms with Crippen LogP contribution in [0.25, 0.3) is 0 Å². The molecule has 0 aliphatic carbocycles. The normalized spacial score (nSPS) is 15.9. The van der Waals surface area contributed by atoms with E-state index in [1.54, 1.807) is 11.0 Å². The topological polar surface area (TPSA) is 53.8 Å². The highest BCUT2D eigenvalue weighted by atomic mass is 16.3. The molecule has 1 unspecified atom stereocenters. The lowest BCUT2D eigenvalue weighted by atomic mass is 9.93. The van der Waals surface area contributed by atoms with Crippen molar-refractivity contribution in [2.45, 2.75) is 25.7 Å². The number of rotatable bonds is 5. The van der Waals surface area contributed by atoms with Gasteiger partial charge in [-0.3, -0.25) is 9.59 Å². The largest absolute Gasteiger partial charge is 0.472 e. The van der Waals surface area contributed by atoms with Gasteiger partial charge in [0.1, 0.15) is 6.26 Å². The number of benzene rings is 1. The Morgan fingerprint density at radius 1 is 1.04 bits per heavy atom. The molecule has 25 heavy (non-hydrogen) atoms. The third-order valence-corrected chi connectivity index (χ3v) is 4.72. The van der Waals surface area contributed by atoms with Crippen molar-refractivity contribution in [3.05, 3.63) is 60.1 Å². The number of amides is 2. The number of carbonyl (C=O) groups is 2. The van der Waals surface area contributed by atoms with Crippen LogP contribution >= 0.6 is 0 Å².